The zero-order valence-electron chi connectivity index (χ0n) is 45.7. The average Bonchev–Trinajstić information content (AvgIpc) is 4.18. The molecule has 0 unspecified atom stereocenters. The Kier molecular flexibility index (Phi) is 21.8. The number of unbranched alkanes of at least 4 members (excludes halogenated alkanes) is 2. The number of imidazole rings is 3. The van der Waals surface area contributed by atoms with Gasteiger partial charge in [0.25, 0.3) is 0 Å². The van der Waals surface area contributed by atoms with Crippen LogP contribution in [0, 0.1) is 5.41 Å². The summed E-state index contributed by atoms with van der Waals surface area (Å²) in [7, 11) is 10.7. The van der Waals surface area contributed by atoms with Crippen molar-refractivity contribution < 1.29 is 43.2 Å². The Morgan fingerprint density at radius 2 is 0.880 bits per heavy atom. The number of nitrogens with zero attached hydrogens (tertiary/aromatic N) is 9. The van der Waals surface area contributed by atoms with Crippen LogP contribution in [-0.4, -0.2) is 115 Å². The summed E-state index contributed by atoms with van der Waals surface area (Å²) in [6.45, 7) is 7.67. The molecule has 0 aromatic carbocycles. The van der Waals surface area contributed by atoms with Crippen LogP contribution >= 0.6 is 0 Å². The zero-order chi connectivity index (χ0) is 55.0. The van der Waals surface area contributed by atoms with Gasteiger partial charge in [0.05, 0.1) is 35.6 Å². The monoisotopic (exact) mass is 1030 g/mol. The van der Waals surface area contributed by atoms with Crippen molar-refractivity contribution in [2.45, 2.75) is 143 Å². The van der Waals surface area contributed by atoms with Crippen LogP contribution in [0.2, 0.25) is 0 Å². The van der Waals surface area contributed by atoms with Gasteiger partial charge in [-0.2, -0.15) is 0 Å². The van der Waals surface area contributed by atoms with Crippen molar-refractivity contribution in [3.8, 4) is 0 Å². The Hall–Kier alpha value is -6.82. The number of hydrogen-bond acceptors (Lipinski definition) is 13. The van der Waals surface area contributed by atoms with Gasteiger partial charge in [-0.15, -0.1) is 0 Å². The predicted molar refractivity (Wildman–Crippen MR) is 283 cm³/mol. The molecule has 18 nitrogen and oxygen atoms in total. The Morgan fingerprint density at radius 3 is 1.35 bits per heavy atom. The van der Waals surface area contributed by atoms with E-state index in [-0.39, 0.29) is 121 Å². The quantitative estimate of drug-likeness (QED) is 0.0283. The molecule has 0 saturated carbocycles. The van der Waals surface area contributed by atoms with Gasteiger partial charge >= 0.3 is 0 Å². The molecule has 0 N–H and O–H groups in total. The van der Waals surface area contributed by atoms with Gasteiger partial charge in [0, 0.05) is 142 Å². The lowest BCUT2D eigenvalue weighted by molar-refractivity contribution is -0.126. The number of Topliss-reactive ketones (excluding diaryl/α,β-unsaturated/α-hetero) is 9. The van der Waals surface area contributed by atoms with Gasteiger partial charge in [0.1, 0.15) is 23.1 Å². The van der Waals surface area contributed by atoms with Crippen LogP contribution in [0.15, 0.2) is 49.3 Å². The lowest BCUT2D eigenvalue weighted by atomic mass is 9.88. The molecule has 0 saturated heterocycles. The highest BCUT2D eigenvalue weighted by Crippen LogP contribution is 2.20. The number of hydrogen-bond donors (Lipinski definition) is 0. The normalized spacial score (nSPS) is 11.7. The molecule has 0 aliphatic heterocycles. The number of carbonyl (C=O) groups excluding carboxylic acids is 9. The maximum absolute atomic E-state index is 13.4. The van der Waals surface area contributed by atoms with Gasteiger partial charge in [0.2, 0.25) is 11.6 Å². The molecule has 0 aliphatic rings. The molecule has 404 valence electrons. The van der Waals surface area contributed by atoms with E-state index in [0.29, 0.717) is 84.0 Å². The average molecular weight is 1030 g/mol. The van der Waals surface area contributed by atoms with Crippen LogP contribution in [0.4, 0.5) is 0 Å². The largest absolute Gasteiger partial charge is 0.348 e. The molecule has 0 radical (unpaired) electrons. The summed E-state index contributed by atoms with van der Waals surface area (Å²) in [5, 5.41) is 0. The summed E-state index contributed by atoms with van der Waals surface area (Å²) in [5.74, 6) is 0.0365. The summed E-state index contributed by atoms with van der Waals surface area (Å²) in [6.07, 6.45) is 17.0. The molecule has 75 heavy (non-hydrogen) atoms. The van der Waals surface area contributed by atoms with Crippen molar-refractivity contribution in [2.75, 3.05) is 20.1 Å². The first-order valence-corrected chi connectivity index (χ1v) is 26.2. The van der Waals surface area contributed by atoms with Crippen molar-refractivity contribution in [3.05, 3.63) is 101 Å². The van der Waals surface area contributed by atoms with E-state index < -0.39 is 0 Å². The van der Waals surface area contributed by atoms with Gasteiger partial charge in [0.15, 0.2) is 34.8 Å². The summed E-state index contributed by atoms with van der Waals surface area (Å²) < 4.78 is 8.19. The van der Waals surface area contributed by atoms with Crippen LogP contribution in [-0.2, 0) is 80.1 Å². The lowest BCUT2D eigenvalue weighted by Crippen LogP contribution is -2.22. The van der Waals surface area contributed by atoms with E-state index in [1.807, 2.05) is 20.8 Å². The molecule has 0 spiro atoms. The fraction of sp³-hybridized carbons (Fsp3) is 0.544. The fourth-order valence-electron chi connectivity index (χ4n) is 9.19. The van der Waals surface area contributed by atoms with Gasteiger partial charge in [-0.1, -0.05) is 20.8 Å². The predicted octanol–water partition coefficient (Wildman–Crippen LogP) is 7.55. The minimum atomic E-state index is -0.289. The molecule has 5 heterocycles. The number of rotatable bonds is 35. The molecule has 0 atom stereocenters. The van der Waals surface area contributed by atoms with Gasteiger partial charge in [-0.3, -0.25) is 43.2 Å². The fourth-order valence-corrected chi connectivity index (χ4v) is 9.19. The summed E-state index contributed by atoms with van der Waals surface area (Å²) in [5.41, 5.74) is 2.81. The van der Waals surface area contributed by atoms with E-state index in [4.69, 9.17) is 0 Å². The van der Waals surface area contributed by atoms with E-state index in [2.05, 4.69) is 26.9 Å². The Labute approximate surface area is 440 Å². The highest BCUT2D eigenvalue weighted by molar-refractivity contribution is 5.99. The third-order valence-electron chi connectivity index (χ3n) is 13.5. The van der Waals surface area contributed by atoms with Crippen LogP contribution < -0.4 is 0 Å². The standard InChI is InChI=1S/C57H77N9O9/c1-57(2,3)53(75)24-11-13-27-61(4)26-12-10-17-43(67)18-14-23-50(72)55-59-41(37-65(55)8)33-44(68)19-15-22-49(71)47-30-40(36-64(47)7)32-52(74)56-60-42(38-66(56)9)34-45(69)20-16-21-48(70)46-29-39(35-63(46)6)31-51(73)54-58-25-28-62(54)5/h25,28-30,35-38H,10-24,26-27,31-34H2,1-9H3. The summed E-state index contributed by atoms with van der Waals surface area (Å²) in [6, 6.07) is 3.37. The lowest BCUT2D eigenvalue weighted by Gasteiger charge is -2.18. The molecule has 0 bridgehead atoms. The Bertz CT molecular complexity index is 2860. The molecule has 5 rings (SSSR count). The maximum Gasteiger partial charge on any atom is 0.202 e. The maximum atomic E-state index is 13.4. The number of ketones is 9. The smallest absolute Gasteiger partial charge is 0.202 e. The van der Waals surface area contributed by atoms with E-state index in [1.165, 1.54) is 0 Å². The first kappa shape index (κ1) is 59.1. The summed E-state index contributed by atoms with van der Waals surface area (Å²) in [4.78, 5) is 131. The first-order chi connectivity index (χ1) is 35.5. The second-order valence-electron chi connectivity index (χ2n) is 21.3. The molecule has 5 aromatic rings. The molecule has 5 aromatic heterocycles. The van der Waals surface area contributed by atoms with Gasteiger partial charge < -0.3 is 27.7 Å². The molecular weight excluding hydrogens is 955 g/mol. The van der Waals surface area contributed by atoms with Crippen molar-refractivity contribution in [1.29, 1.82) is 0 Å². The van der Waals surface area contributed by atoms with Crippen LogP contribution in [0.1, 0.15) is 192 Å². The number of aromatic nitrogens is 8. The number of aryl methyl sites for hydroxylation is 5. The molecule has 0 aliphatic carbocycles. The van der Waals surface area contributed by atoms with Crippen LogP contribution in [0.3, 0.4) is 0 Å². The highest BCUT2D eigenvalue weighted by atomic mass is 16.2. The first-order valence-electron chi connectivity index (χ1n) is 26.2. The molecule has 18 heteroatoms. The zero-order valence-corrected chi connectivity index (χ0v) is 45.7. The second kappa shape index (κ2) is 27.6. The molecular formula is C57H77N9O9. The van der Waals surface area contributed by atoms with Crippen molar-refractivity contribution in [1.82, 2.24) is 42.7 Å². The Balaban J connectivity index is 0.960. The van der Waals surface area contributed by atoms with Crippen LogP contribution in [0.25, 0.3) is 0 Å². The highest BCUT2D eigenvalue weighted by Gasteiger charge is 2.23. The van der Waals surface area contributed by atoms with Gasteiger partial charge in [-0.25, -0.2) is 15.0 Å². The summed E-state index contributed by atoms with van der Waals surface area (Å²) >= 11 is 0. The third kappa shape index (κ3) is 18.2. The van der Waals surface area contributed by atoms with Crippen molar-refractivity contribution in [2.24, 2.45) is 40.7 Å². The minimum Gasteiger partial charge on any atom is -0.348 e. The van der Waals surface area contributed by atoms with E-state index in [1.54, 1.807) is 107 Å². The minimum absolute atomic E-state index is 0.00479. The van der Waals surface area contributed by atoms with Crippen LogP contribution in [0.5, 0.6) is 0 Å². The second-order valence-corrected chi connectivity index (χ2v) is 21.3. The van der Waals surface area contributed by atoms with Crippen molar-refractivity contribution >= 4 is 52.0 Å². The van der Waals surface area contributed by atoms with E-state index in [9.17, 15) is 43.2 Å². The number of carbonyl (C=O) groups is 9. The molecule has 0 fully saturated rings. The molecule has 0 amide bonds. The topological polar surface area (TPSA) is 220 Å². The van der Waals surface area contributed by atoms with E-state index in [0.717, 1.165) is 38.8 Å². The van der Waals surface area contributed by atoms with Gasteiger partial charge in [-0.05, 0) is 88.3 Å². The SMILES string of the molecule is CN(CCCCC(=O)CCCC(=O)c1nc(CC(=O)CCCC(=O)c2cc(CC(=O)c3nc(CC(=O)CCCC(=O)c4cc(CC(=O)c5nccn5C)cn4C)cn3C)cn2C)cn1C)CCCCC(=O)C(C)(C)C. The Morgan fingerprint density at radius 1 is 0.453 bits per heavy atom. The van der Waals surface area contributed by atoms with E-state index >= 15 is 0 Å². The van der Waals surface area contributed by atoms with Crippen molar-refractivity contribution in [3.63, 3.8) is 0 Å². The third-order valence-corrected chi connectivity index (χ3v) is 13.5.